The van der Waals surface area contributed by atoms with Gasteiger partial charge in [0, 0.05) is 25.0 Å². The van der Waals surface area contributed by atoms with E-state index in [4.69, 9.17) is 5.73 Å². The molecular weight excluding hydrogens is 172 g/mol. The minimum atomic E-state index is 0.433. The Hall–Kier alpha value is -0.860. The highest BCUT2D eigenvalue weighted by Gasteiger charge is 2.24. The molecule has 0 fully saturated rings. The van der Waals surface area contributed by atoms with Gasteiger partial charge in [-0.05, 0) is 24.5 Å². The monoisotopic (exact) mass is 190 g/mol. The predicted octanol–water partition coefficient (Wildman–Crippen LogP) is 1.26. The SMILES string of the molecule is C[C@H](CN)NCC1Cc2ccccc21. The summed E-state index contributed by atoms with van der Waals surface area (Å²) in [6.07, 6.45) is 1.22. The number of hydrogen-bond donors (Lipinski definition) is 2. The standard InChI is InChI=1S/C12H18N2/c1-9(7-13)14-8-11-6-10-4-2-3-5-12(10)11/h2-5,9,11,14H,6-8,13H2,1H3/t9-,11?/m1/s1. The van der Waals surface area contributed by atoms with Gasteiger partial charge in [-0.2, -0.15) is 0 Å². The Morgan fingerprint density at radius 1 is 1.50 bits per heavy atom. The molecule has 0 bridgehead atoms. The average Bonchev–Trinajstić information content (AvgIpc) is 2.19. The zero-order valence-corrected chi connectivity index (χ0v) is 8.66. The number of benzene rings is 1. The van der Waals surface area contributed by atoms with Crippen LogP contribution in [0.1, 0.15) is 24.0 Å². The first-order valence-corrected chi connectivity index (χ1v) is 5.32. The Labute approximate surface area is 85.5 Å². The molecule has 0 aliphatic heterocycles. The Kier molecular flexibility index (Phi) is 2.85. The van der Waals surface area contributed by atoms with E-state index in [1.54, 1.807) is 0 Å². The van der Waals surface area contributed by atoms with Crippen LogP contribution in [0.3, 0.4) is 0 Å². The molecule has 2 rings (SSSR count). The maximum absolute atomic E-state index is 5.55. The van der Waals surface area contributed by atoms with E-state index in [9.17, 15) is 0 Å². The van der Waals surface area contributed by atoms with Crippen molar-refractivity contribution in [3.8, 4) is 0 Å². The molecule has 0 radical (unpaired) electrons. The van der Waals surface area contributed by atoms with Gasteiger partial charge in [-0.3, -0.25) is 0 Å². The van der Waals surface area contributed by atoms with Crippen molar-refractivity contribution in [1.29, 1.82) is 0 Å². The maximum Gasteiger partial charge on any atom is 0.0162 e. The predicted molar refractivity (Wildman–Crippen MR) is 59.4 cm³/mol. The van der Waals surface area contributed by atoms with Crippen molar-refractivity contribution in [2.24, 2.45) is 5.73 Å². The average molecular weight is 190 g/mol. The van der Waals surface area contributed by atoms with Gasteiger partial charge in [-0.15, -0.1) is 0 Å². The smallest absolute Gasteiger partial charge is 0.0162 e. The van der Waals surface area contributed by atoms with E-state index in [0.29, 0.717) is 18.5 Å². The van der Waals surface area contributed by atoms with Gasteiger partial charge < -0.3 is 11.1 Å². The van der Waals surface area contributed by atoms with E-state index in [-0.39, 0.29) is 0 Å². The fraction of sp³-hybridized carbons (Fsp3) is 0.500. The van der Waals surface area contributed by atoms with Crippen molar-refractivity contribution in [2.45, 2.75) is 25.3 Å². The lowest BCUT2D eigenvalue weighted by Crippen LogP contribution is -2.38. The molecule has 2 heteroatoms. The van der Waals surface area contributed by atoms with Crippen molar-refractivity contribution in [3.63, 3.8) is 0 Å². The lowest BCUT2D eigenvalue weighted by atomic mass is 9.77. The number of nitrogens with two attached hydrogens (primary N) is 1. The van der Waals surface area contributed by atoms with Gasteiger partial charge in [0.05, 0.1) is 0 Å². The fourth-order valence-corrected chi connectivity index (χ4v) is 1.97. The highest BCUT2D eigenvalue weighted by Crippen LogP contribution is 2.33. The zero-order valence-electron chi connectivity index (χ0n) is 8.66. The minimum Gasteiger partial charge on any atom is -0.329 e. The lowest BCUT2D eigenvalue weighted by molar-refractivity contribution is 0.483. The summed E-state index contributed by atoms with van der Waals surface area (Å²) >= 11 is 0. The molecule has 1 aromatic carbocycles. The summed E-state index contributed by atoms with van der Waals surface area (Å²) in [5, 5.41) is 3.45. The molecule has 0 aromatic heterocycles. The highest BCUT2D eigenvalue weighted by atomic mass is 14.9. The summed E-state index contributed by atoms with van der Waals surface area (Å²) in [4.78, 5) is 0. The highest BCUT2D eigenvalue weighted by molar-refractivity contribution is 5.40. The van der Waals surface area contributed by atoms with E-state index in [1.807, 2.05) is 0 Å². The van der Waals surface area contributed by atoms with Crippen LogP contribution in [0, 0.1) is 0 Å². The van der Waals surface area contributed by atoms with Crippen LogP contribution in [0.2, 0.25) is 0 Å². The number of fused-ring (bicyclic) bond motifs is 1. The van der Waals surface area contributed by atoms with E-state index >= 15 is 0 Å². The van der Waals surface area contributed by atoms with Crippen molar-refractivity contribution in [2.75, 3.05) is 13.1 Å². The first-order valence-electron chi connectivity index (χ1n) is 5.32. The van der Waals surface area contributed by atoms with Crippen LogP contribution in [-0.4, -0.2) is 19.1 Å². The van der Waals surface area contributed by atoms with Crippen molar-refractivity contribution < 1.29 is 0 Å². The largest absolute Gasteiger partial charge is 0.329 e. The molecule has 1 aromatic rings. The quantitative estimate of drug-likeness (QED) is 0.750. The van der Waals surface area contributed by atoms with E-state index in [1.165, 1.54) is 17.5 Å². The van der Waals surface area contributed by atoms with Gasteiger partial charge >= 0.3 is 0 Å². The molecule has 76 valence electrons. The number of rotatable bonds is 4. The summed E-state index contributed by atoms with van der Waals surface area (Å²) in [5.41, 5.74) is 8.58. The van der Waals surface area contributed by atoms with Crippen LogP contribution in [0.5, 0.6) is 0 Å². The molecule has 0 saturated carbocycles. The van der Waals surface area contributed by atoms with Crippen LogP contribution in [0.25, 0.3) is 0 Å². The van der Waals surface area contributed by atoms with Gasteiger partial charge in [-0.1, -0.05) is 24.3 Å². The summed E-state index contributed by atoms with van der Waals surface area (Å²) in [5.74, 6) is 0.709. The molecular formula is C12H18N2. The zero-order chi connectivity index (χ0) is 9.97. The molecule has 0 amide bonds. The normalized spacial score (nSPS) is 21.1. The molecule has 2 atom stereocenters. The fourth-order valence-electron chi connectivity index (χ4n) is 1.97. The van der Waals surface area contributed by atoms with E-state index < -0.39 is 0 Å². The van der Waals surface area contributed by atoms with Crippen molar-refractivity contribution in [1.82, 2.24) is 5.32 Å². The first kappa shape index (κ1) is 9.69. The Balaban J connectivity index is 1.87. The number of nitrogens with one attached hydrogen (secondary N) is 1. The molecule has 3 N–H and O–H groups in total. The summed E-state index contributed by atoms with van der Waals surface area (Å²) in [6, 6.07) is 9.13. The van der Waals surface area contributed by atoms with Crippen LogP contribution in [-0.2, 0) is 6.42 Å². The molecule has 1 unspecified atom stereocenters. The van der Waals surface area contributed by atoms with Gasteiger partial charge in [0.2, 0.25) is 0 Å². The molecule has 1 aliphatic rings. The number of hydrogen-bond acceptors (Lipinski definition) is 2. The maximum atomic E-state index is 5.55. The molecule has 0 saturated heterocycles. The molecule has 14 heavy (non-hydrogen) atoms. The third-order valence-corrected chi connectivity index (χ3v) is 3.03. The van der Waals surface area contributed by atoms with Crippen molar-refractivity contribution in [3.05, 3.63) is 35.4 Å². The Morgan fingerprint density at radius 2 is 2.29 bits per heavy atom. The second-order valence-electron chi connectivity index (χ2n) is 4.14. The summed E-state index contributed by atoms with van der Waals surface area (Å²) in [6.45, 7) is 3.91. The topological polar surface area (TPSA) is 38.0 Å². The second-order valence-corrected chi connectivity index (χ2v) is 4.14. The van der Waals surface area contributed by atoms with Gasteiger partial charge in [0.25, 0.3) is 0 Å². The van der Waals surface area contributed by atoms with Crippen LogP contribution >= 0.6 is 0 Å². The van der Waals surface area contributed by atoms with Gasteiger partial charge in [-0.25, -0.2) is 0 Å². The first-order chi connectivity index (χ1) is 6.81. The lowest BCUT2D eigenvalue weighted by Gasteiger charge is -2.31. The van der Waals surface area contributed by atoms with Crippen LogP contribution < -0.4 is 11.1 Å². The van der Waals surface area contributed by atoms with Gasteiger partial charge in [0.1, 0.15) is 0 Å². The van der Waals surface area contributed by atoms with Crippen molar-refractivity contribution >= 4 is 0 Å². The second kappa shape index (κ2) is 4.11. The minimum absolute atomic E-state index is 0.433. The molecule has 2 nitrogen and oxygen atoms in total. The van der Waals surface area contributed by atoms with E-state index in [0.717, 1.165) is 6.54 Å². The summed E-state index contributed by atoms with van der Waals surface area (Å²) < 4.78 is 0. The van der Waals surface area contributed by atoms with E-state index in [2.05, 4.69) is 36.5 Å². The van der Waals surface area contributed by atoms with Crippen LogP contribution in [0.4, 0.5) is 0 Å². The molecule has 0 heterocycles. The molecule has 1 aliphatic carbocycles. The Morgan fingerprint density at radius 3 is 3.00 bits per heavy atom. The molecule has 0 spiro atoms. The third-order valence-electron chi connectivity index (χ3n) is 3.03. The third kappa shape index (κ3) is 1.81. The Bertz CT molecular complexity index is 309. The van der Waals surface area contributed by atoms with Crippen LogP contribution in [0.15, 0.2) is 24.3 Å². The summed E-state index contributed by atoms with van der Waals surface area (Å²) in [7, 11) is 0. The van der Waals surface area contributed by atoms with Gasteiger partial charge in [0.15, 0.2) is 0 Å².